The Bertz CT molecular complexity index is 861. The highest BCUT2D eigenvalue weighted by Gasteiger charge is 2.21. The van der Waals surface area contributed by atoms with Crippen LogP contribution in [0.4, 0.5) is 5.13 Å². The van der Waals surface area contributed by atoms with Gasteiger partial charge in [-0.1, -0.05) is 18.3 Å². The Morgan fingerprint density at radius 2 is 2.21 bits per heavy atom. The van der Waals surface area contributed by atoms with E-state index in [2.05, 4.69) is 25.5 Å². The van der Waals surface area contributed by atoms with Crippen molar-refractivity contribution in [1.29, 1.82) is 0 Å². The zero-order valence-electron chi connectivity index (χ0n) is 13.4. The molecule has 0 bridgehead atoms. The van der Waals surface area contributed by atoms with E-state index in [9.17, 15) is 4.79 Å². The van der Waals surface area contributed by atoms with Gasteiger partial charge in [0.2, 0.25) is 5.13 Å². The van der Waals surface area contributed by atoms with E-state index in [1.165, 1.54) is 23.1 Å². The molecule has 0 radical (unpaired) electrons. The number of thioether (sulfide) groups is 1. The van der Waals surface area contributed by atoms with Crippen LogP contribution in [0.15, 0.2) is 27.8 Å². The Hall–Kier alpha value is -2.26. The van der Waals surface area contributed by atoms with E-state index in [4.69, 9.17) is 4.42 Å². The van der Waals surface area contributed by atoms with E-state index in [1.54, 1.807) is 25.3 Å². The van der Waals surface area contributed by atoms with Crippen molar-refractivity contribution in [3.8, 4) is 11.6 Å². The van der Waals surface area contributed by atoms with Crippen molar-refractivity contribution in [1.82, 2.24) is 20.2 Å². The summed E-state index contributed by atoms with van der Waals surface area (Å²) in [4.78, 5) is 21.5. The molecule has 3 rings (SSSR count). The number of anilines is 1. The van der Waals surface area contributed by atoms with Gasteiger partial charge >= 0.3 is 0 Å². The summed E-state index contributed by atoms with van der Waals surface area (Å²) in [6.07, 6.45) is 4.21. The highest BCUT2D eigenvalue weighted by atomic mass is 32.2. The van der Waals surface area contributed by atoms with Crippen LogP contribution in [0.25, 0.3) is 11.6 Å². The number of aryl methyl sites for hydroxylation is 2. The molecule has 3 aromatic rings. The number of carbonyl (C=O) groups excluding carboxylic acids is 1. The van der Waals surface area contributed by atoms with E-state index >= 15 is 0 Å². The Morgan fingerprint density at radius 1 is 1.38 bits per heavy atom. The number of aromatic nitrogens is 4. The van der Waals surface area contributed by atoms with Crippen LogP contribution in [-0.2, 0) is 6.42 Å². The van der Waals surface area contributed by atoms with E-state index in [-0.39, 0.29) is 5.91 Å². The Labute approximate surface area is 146 Å². The van der Waals surface area contributed by atoms with Gasteiger partial charge in [0.05, 0.1) is 17.5 Å². The van der Waals surface area contributed by atoms with E-state index in [0.717, 1.165) is 11.4 Å². The number of nitrogens with one attached hydrogen (secondary N) is 1. The highest BCUT2D eigenvalue weighted by Crippen LogP contribution is 2.26. The third-order valence-electron chi connectivity index (χ3n) is 3.21. The van der Waals surface area contributed by atoms with Gasteiger partial charge in [-0.3, -0.25) is 10.1 Å². The summed E-state index contributed by atoms with van der Waals surface area (Å²) in [5, 5.41) is 12.7. The number of nitrogens with zero attached hydrogens (tertiary/aromatic N) is 4. The van der Waals surface area contributed by atoms with Crippen molar-refractivity contribution in [3.05, 3.63) is 34.7 Å². The third kappa shape index (κ3) is 3.31. The number of hydrogen-bond donors (Lipinski definition) is 1. The lowest BCUT2D eigenvalue weighted by atomic mass is 10.2. The van der Waals surface area contributed by atoms with Gasteiger partial charge in [-0.2, -0.15) is 0 Å². The van der Waals surface area contributed by atoms with Gasteiger partial charge in [0.1, 0.15) is 10.0 Å². The van der Waals surface area contributed by atoms with Crippen LogP contribution in [-0.4, -0.2) is 32.3 Å². The lowest BCUT2D eigenvalue weighted by molar-refractivity contribution is 0.102. The van der Waals surface area contributed by atoms with Crippen LogP contribution in [0.1, 0.15) is 28.0 Å². The minimum Gasteiger partial charge on any atom is -0.461 e. The normalized spacial score (nSPS) is 10.8. The maximum absolute atomic E-state index is 12.6. The molecule has 124 valence electrons. The van der Waals surface area contributed by atoms with Gasteiger partial charge in [0.25, 0.3) is 5.91 Å². The molecular formula is C15H15N5O2S2. The number of rotatable bonds is 5. The van der Waals surface area contributed by atoms with E-state index in [1.807, 2.05) is 13.2 Å². The maximum Gasteiger partial charge on any atom is 0.262 e. The predicted molar refractivity (Wildman–Crippen MR) is 93.5 cm³/mol. The van der Waals surface area contributed by atoms with Crippen molar-refractivity contribution in [2.75, 3.05) is 11.6 Å². The Morgan fingerprint density at radius 3 is 2.83 bits per heavy atom. The lowest BCUT2D eigenvalue weighted by Crippen LogP contribution is -2.16. The largest absolute Gasteiger partial charge is 0.461 e. The highest BCUT2D eigenvalue weighted by molar-refractivity contribution is 7.98. The standard InChI is InChI=1S/C15H15N5O2S2/c1-4-10-19-20-15(24-10)18-13(21)11-8(2)16-12(17-14(11)23-3)9-6-5-7-22-9/h5-7H,4H2,1-3H3,(H,18,20,21). The molecule has 0 saturated carbocycles. The van der Waals surface area contributed by atoms with Gasteiger partial charge in [0.15, 0.2) is 11.6 Å². The molecule has 24 heavy (non-hydrogen) atoms. The number of hydrogen-bond acceptors (Lipinski definition) is 8. The van der Waals surface area contributed by atoms with Gasteiger partial charge in [-0.05, 0) is 31.7 Å². The van der Waals surface area contributed by atoms with E-state index < -0.39 is 0 Å². The molecule has 0 aromatic carbocycles. The number of amides is 1. The van der Waals surface area contributed by atoms with Crippen LogP contribution in [0, 0.1) is 6.92 Å². The minimum atomic E-state index is -0.290. The van der Waals surface area contributed by atoms with Crippen molar-refractivity contribution >= 4 is 34.1 Å². The molecule has 0 atom stereocenters. The van der Waals surface area contributed by atoms with Crippen molar-refractivity contribution in [3.63, 3.8) is 0 Å². The average molecular weight is 361 g/mol. The van der Waals surface area contributed by atoms with E-state index in [0.29, 0.717) is 33.0 Å². The summed E-state index contributed by atoms with van der Waals surface area (Å²) in [6.45, 7) is 3.77. The molecule has 1 N–H and O–H groups in total. The first-order valence-electron chi connectivity index (χ1n) is 7.22. The molecule has 0 spiro atoms. The molecule has 7 nitrogen and oxygen atoms in total. The second-order valence-corrected chi connectivity index (χ2v) is 6.66. The summed E-state index contributed by atoms with van der Waals surface area (Å²) < 4.78 is 5.33. The van der Waals surface area contributed by atoms with Crippen LogP contribution < -0.4 is 5.32 Å². The molecule has 1 amide bonds. The predicted octanol–water partition coefficient (Wildman–Crippen LogP) is 3.43. The second kappa shape index (κ2) is 7.10. The lowest BCUT2D eigenvalue weighted by Gasteiger charge is -2.10. The summed E-state index contributed by atoms with van der Waals surface area (Å²) >= 11 is 2.74. The molecule has 0 fully saturated rings. The Kier molecular flexibility index (Phi) is 4.91. The van der Waals surface area contributed by atoms with Crippen LogP contribution >= 0.6 is 23.1 Å². The average Bonchev–Trinajstić information content (AvgIpc) is 3.25. The van der Waals surface area contributed by atoms with Crippen molar-refractivity contribution in [2.24, 2.45) is 0 Å². The molecule has 0 aliphatic heterocycles. The first-order chi connectivity index (χ1) is 11.6. The molecular weight excluding hydrogens is 346 g/mol. The number of furan rings is 1. The zero-order chi connectivity index (χ0) is 17.1. The topological polar surface area (TPSA) is 93.8 Å². The van der Waals surface area contributed by atoms with Gasteiger partial charge in [-0.15, -0.1) is 22.0 Å². The molecule has 0 aliphatic rings. The SMILES string of the molecule is CCc1nnc(NC(=O)c2c(C)nc(-c3ccco3)nc2SC)s1. The first kappa shape index (κ1) is 16.6. The van der Waals surface area contributed by atoms with Crippen LogP contribution in [0.3, 0.4) is 0 Å². The molecule has 3 aromatic heterocycles. The fourth-order valence-electron chi connectivity index (χ4n) is 2.08. The van der Waals surface area contributed by atoms with Crippen molar-refractivity contribution < 1.29 is 9.21 Å². The smallest absolute Gasteiger partial charge is 0.262 e. The fourth-order valence-corrected chi connectivity index (χ4v) is 3.38. The second-order valence-electron chi connectivity index (χ2n) is 4.80. The summed E-state index contributed by atoms with van der Waals surface area (Å²) in [5.74, 6) is 0.737. The van der Waals surface area contributed by atoms with Crippen LogP contribution in [0.5, 0.6) is 0 Å². The van der Waals surface area contributed by atoms with Crippen LogP contribution in [0.2, 0.25) is 0 Å². The molecule has 9 heteroatoms. The van der Waals surface area contributed by atoms with Gasteiger partial charge in [0, 0.05) is 0 Å². The van der Waals surface area contributed by atoms with Gasteiger partial charge < -0.3 is 4.42 Å². The number of carbonyl (C=O) groups is 1. The first-order valence-corrected chi connectivity index (χ1v) is 9.26. The minimum absolute atomic E-state index is 0.290. The molecule has 0 saturated heterocycles. The molecule has 3 heterocycles. The molecule has 0 unspecified atom stereocenters. The molecule has 0 aliphatic carbocycles. The summed E-state index contributed by atoms with van der Waals surface area (Å²) in [6, 6.07) is 3.56. The van der Waals surface area contributed by atoms with Crippen molar-refractivity contribution in [2.45, 2.75) is 25.3 Å². The summed E-state index contributed by atoms with van der Waals surface area (Å²) in [5.41, 5.74) is 1.02. The zero-order valence-corrected chi connectivity index (χ0v) is 15.0. The maximum atomic E-state index is 12.6. The summed E-state index contributed by atoms with van der Waals surface area (Å²) in [7, 11) is 0. The van der Waals surface area contributed by atoms with Gasteiger partial charge in [-0.25, -0.2) is 9.97 Å². The fraction of sp³-hybridized carbons (Fsp3) is 0.267. The Balaban J connectivity index is 1.93. The quantitative estimate of drug-likeness (QED) is 0.549. The monoisotopic (exact) mass is 361 g/mol. The third-order valence-corrected chi connectivity index (χ3v) is 4.87.